The number of nitrogens with one attached hydrogen (secondary N) is 1. The van der Waals surface area contributed by atoms with E-state index in [1.165, 1.54) is 16.0 Å². The number of ether oxygens (including phenoxy) is 1. The number of amides is 4. The number of benzene rings is 2. The van der Waals surface area contributed by atoms with E-state index in [0.717, 1.165) is 12.0 Å². The van der Waals surface area contributed by atoms with E-state index in [9.17, 15) is 14.4 Å². The molecule has 7 nitrogen and oxygen atoms in total. The van der Waals surface area contributed by atoms with Gasteiger partial charge in [-0.1, -0.05) is 36.4 Å². The molecule has 0 radical (unpaired) electrons. The van der Waals surface area contributed by atoms with Crippen molar-refractivity contribution in [2.75, 3.05) is 13.7 Å². The Morgan fingerprint density at radius 1 is 1.10 bits per heavy atom. The highest BCUT2D eigenvalue weighted by Crippen LogP contribution is 2.21. The third-order valence-corrected chi connectivity index (χ3v) is 5.74. The minimum absolute atomic E-state index is 0.0140. The molecule has 0 spiro atoms. The van der Waals surface area contributed by atoms with Gasteiger partial charge in [0.2, 0.25) is 5.91 Å². The third-order valence-electron chi connectivity index (χ3n) is 5.74. The number of urea groups is 1. The Balaban J connectivity index is 1.31. The maximum Gasteiger partial charge on any atom is 0.325 e. The van der Waals surface area contributed by atoms with Gasteiger partial charge in [0.05, 0.1) is 13.7 Å². The van der Waals surface area contributed by atoms with E-state index in [4.69, 9.17) is 4.74 Å². The summed E-state index contributed by atoms with van der Waals surface area (Å²) in [7, 11) is 1.58. The van der Waals surface area contributed by atoms with E-state index >= 15 is 0 Å². The van der Waals surface area contributed by atoms with Crippen molar-refractivity contribution in [2.24, 2.45) is 0 Å². The van der Waals surface area contributed by atoms with E-state index < -0.39 is 12.1 Å². The largest absolute Gasteiger partial charge is 0.497 e. The lowest BCUT2D eigenvalue weighted by Gasteiger charge is -2.29. The molecule has 0 saturated carbocycles. The quantitative estimate of drug-likeness (QED) is 0.747. The van der Waals surface area contributed by atoms with Gasteiger partial charge in [0.1, 0.15) is 11.8 Å². The first-order valence-corrected chi connectivity index (χ1v) is 10.1. The van der Waals surface area contributed by atoms with Gasteiger partial charge in [0.25, 0.3) is 5.91 Å². The van der Waals surface area contributed by atoms with Crippen LogP contribution in [0.1, 0.15) is 29.5 Å². The molecule has 1 atom stereocenters. The minimum Gasteiger partial charge on any atom is -0.497 e. The maximum absolute atomic E-state index is 12.7. The van der Waals surface area contributed by atoms with Crippen LogP contribution in [0.2, 0.25) is 0 Å². The van der Waals surface area contributed by atoms with E-state index in [-0.39, 0.29) is 24.8 Å². The van der Waals surface area contributed by atoms with Gasteiger partial charge in [-0.3, -0.25) is 14.5 Å². The van der Waals surface area contributed by atoms with Gasteiger partial charge in [-0.25, -0.2) is 4.79 Å². The standard InChI is InChI=1S/C23H25N3O4/c1-30-19-8-6-16(7-9-19)14-26-22(28)20(24-23(26)29)10-11-21(27)25-13-12-17-4-2-3-5-18(17)15-25/h2-9,20H,10-15H2,1H3,(H,24,29)/t20-/m0/s1. The number of nitrogens with zero attached hydrogens (tertiary/aromatic N) is 2. The van der Waals surface area contributed by atoms with Crippen molar-refractivity contribution in [3.8, 4) is 5.75 Å². The lowest BCUT2D eigenvalue weighted by atomic mass is 9.99. The van der Waals surface area contributed by atoms with Crippen molar-refractivity contribution in [3.63, 3.8) is 0 Å². The van der Waals surface area contributed by atoms with Gasteiger partial charge in [-0.05, 0) is 41.7 Å². The molecule has 0 bridgehead atoms. The fraction of sp³-hybridized carbons (Fsp3) is 0.348. The fourth-order valence-electron chi connectivity index (χ4n) is 3.97. The minimum atomic E-state index is -0.656. The molecule has 156 valence electrons. The summed E-state index contributed by atoms with van der Waals surface area (Å²) in [5.74, 6) is 0.445. The van der Waals surface area contributed by atoms with Crippen LogP contribution in [-0.2, 0) is 29.1 Å². The number of methoxy groups -OCH3 is 1. The molecular formula is C23H25N3O4. The second kappa shape index (κ2) is 8.57. The lowest BCUT2D eigenvalue weighted by molar-refractivity contribution is -0.132. The second-order valence-corrected chi connectivity index (χ2v) is 7.65. The molecule has 1 saturated heterocycles. The zero-order valence-electron chi connectivity index (χ0n) is 17.0. The predicted octanol–water partition coefficient (Wildman–Crippen LogP) is 2.48. The lowest BCUT2D eigenvalue weighted by Crippen LogP contribution is -2.37. The van der Waals surface area contributed by atoms with E-state index in [1.807, 2.05) is 35.2 Å². The number of rotatable bonds is 6. The Hall–Kier alpha value is -3.35. The van der Waals surface area contributed by atoms with Crippen molar-refractivity contribution >= 4 is 17.8 Å². The van der Waals surface area contributed by atoms with Gasteiger partial charge in [0, 0.05) is 19.5 Å². The average Bonchev–Trinajstić information content (AvgIpc) is 3.05. The molecule has 1 N–H and O–H groups in total. The molecule has 2 aromatic carbocycles. The molecule has 0 unspecified atom stereocenters. The number of hydrogen-bond donors (Lipinski definition) is 1. The van der Waals surface area contributed by atoms with Crippen LogP contribution in [0.15, 0.2) is 48.5 Å². The first-order valence-electron chi connectivity index (χ1n) is 10.1. The molecule has 1 fully saturated rings. The molecule has 2 aliphatic rings. The van der Waals surface area contributed by atoms with E-state index in [0.29, 0.717) is 25.3 Å². The van der Waals surface area contributed by atoms with Gasteiger partial charge < -0.3 is 15.0 Å². The summed E-state index contributed by atoms with van der Waals surface area (Å²) in [6.45, 7) is 1.48. The molecule has 0 aromatic heterocycles. The summed E-state index contributed by atoms with van der Waals surface area (Å²) >= 11 is 0. The summed E-state index contributed by atoms with van der Waals surface area (Å²) in [5, 5.41) is 2.71. The van der Waals surface area contributed by atoms with Crippen LogP contribution in [-0.4, -0.2) is 47.3 Å². The highest BCUT2D eigenvalue weighted by Gasteiger charge is 2.38. The van der Waals surface area contributed by atoms with E-state index in [1.54, 1.807) is 19.2 Å². The molecule has 4 amide bonds. The van der Waals surface area contributed by atoms with Crippen LogP contribution in [0.4, 0.5) is 4.79 Å². The number of imide groups is 1. The van der Waals surface area contributed by atoms with Gasteiger partial charge in [-0.15, -0.1) is 0 Å². The monoisotopic (exact) mass is 407 g/mol. The van der Waals surface area contributed by atoms with Crippen molar-refractivity contribution < 1.29 is 19.1 Å². The number of carbonyl (C=O) groups is 3. The van der Waals surface area contributed by atoms with Gasteiger partial charge >= 0.3 is 6.03 Å². The van der Waals surface area contributed by atoms with Crippen molar-refractivity contribution in [1.29, 1.82) is 0 Å². The molecule has 4 rings (SSSR count). The topological polar surface area (TPSA) is 79.0 Å². The van der Waals surface area contributed by atoms with Crippen LogP contribution in [0.3, 0.4) is 0 Å². The summed E-state index contributed by atoms with van der Waals surface area (Å²) in [6, 6.07) is 14.3. The van der Waals surface area contributed by atoms with Gasteiger partial charge in [-0.2, -0.15) is 0 Å². The fourth-order valence-corrected chi connectivity index (χ4v) is 3.97. The Kier molecular flexibility index (Phi) is 5.70. The molecule has 7 heteroatoms. The summed E-state index contributed by atoms with van der Waals surface area (Å²) in [6.07, 6.45) is 1.38. The molecular weight excluding hydrogens is 382 g/mol. The summed E-state index contributed by atoms with van der Waals surface area (Å²) in [4.78, 5) is 40.7. The third kappa shape index (κ3) is 4.15. The van der Waals surface area contributed by atoms with Crippen molar-refractivity contribution in [3.05, 3.63) is 65.2 Å². The second-order valence-electron chi connectivity index (χ2n) is 7.65. The first kappa shape index (κ1) is 19.9. The Morgan fingerprint density at radius 3 is 2.57 bits per heavy atom. The number of hydrogen-bond acceptors (Lipinski definition) is 4. The van der Waals surface area contributed by atoms with Crippen LogP contribution in [0.5, 0.6) is 5.75 Å². The normalized spacial score (nSPS) is 18.2. The van der Waals surface area contributed by atoms with Crippen LogP contribution >= 0.6 is 0 Å². The van der Waals surface area contributed by atoms with Crippen molar-refractivity contribution in [1.82, 2.24) is 15.1 Å². The maximum atomic E-state index is 12.7. The highest BCUT2D eigenvalue weighted by molar-refractivity contribution is 6.04. The number of carbonyl (C=O) groups excluding carboxylic acids is 3. The first-order chi connectivity index (χ1) is 14.5. The van der Waals surface area contributed by atoms with Gasteiger partial charge in [0.15, 0.2) is 0 Å². The molecule has 2 aromatic rings. The highest BCUT2D eigenvalue weighted by atomic mass is 16.5. The van der Waals surface area contributed by atoms with Crippen molar-refractivity contribution in [2.45, 2.75) is 38.4 Å². The average molecular weight is 407 g/mol. The number of fused-ring (bicyclic) bond motifs is 1. The molecule has 2 heterocycles. The SMILES string of the molecule is COc1ccc(CN2C(=O)N[C@@H](CCC(=O)N3CCc4ccccc4C3)C2=O)cc1. The zero-order valence-corrected chi connectivity index (χ0v) is 17.0. The summed E-state index contributed by atoms with van der Waals surface area (Å²) < 4.78 is 5.13. The van der Waals surface area contributed by atoms with E-state index in [2.05, 4.69) is 11.4 Å². The Morgan fingerprint density at radius 2 is 1.83 bits per heavy atom. The predicted molar refractivity (Wildman–Crippen MR) is 111 cm³/mol. The molecule has 2 aliphatic heterocycles. The molecule has 30 heavy (non-hydrogen) atoms. The van der Waals surface area contributed by atoms with Crippen LogP contribution in [0.25, 0.3) is 0 Å². The summed E-state index contributed by atoms with van der Waals surface area (Å²) in [5.41, 5.74) is 3.30. The van der Waals surface area contributed by atoms with Crippen LogP contribution < -0.4 is 10.1 Å². The Bertz CT molecular complexity index is 957. The van der Waals surface area contributed by atoms with Crippen LogP contribution in [0, 0.1) is 0 Å². The zero-order chi connectivity index (χ0) is 21.1. The molecule has 0 aliphatic carbocycles. The smallest absolute Gasteiger partial charge is 0.325 e. The Labute approximate surface area is 175 Å².